The molecule has 0 aromatic carbocycles. The number of halogens is 3. The van der Waals surface area contributed by atoms with Crippen LogP contribution in [0.1, 0.15) is 0 Å². The van der Waals surface area contributed by atoms with Crippen LogP contribution in [0.5, 0.6) is 0 Å². The molecule has 0 heterocycles. The van der Waals surface area contributed by atoms with E-state index < -0.39 is 35.6 Å². The average Bonchev–Trinajstić information content (AvgIpc) is 1.65. The number of alkyl halides is 3. The first-order chi connectivity index (χ1) is 4.02. The molecule has 0 saturated heterocycles. The topological polar surface area (TPSA) is 4.36 Å². The maximum atomic E-state index is 11.5. The third-order valence-electron chi connectivity index (χ3n) is 0.548. The number of nitrogens with zero attached hydrogens (tertiary/aromatic N) is 1. The molecule has 0 fully saturated rings. The van der Waals surface area contributed by atoms with Crippen LogP contribution in [0.2, 0.25) is 0 Å². The van der Waals surface area contributed by atoms with E-state index in [0.29, 0.717) is 0 Å². The molecule has 0 aliphatic rings. The van der Waals surface area contributed by atoms with E-state index in [1.807, 2.05) is 0 Å². The van der Waals surface area contributed by atoms with Crippen LogP contribution in [0.15, 0.2) is 0 Å². The Labute approximate surface area is 183 Å². The van der Waals surface area contributed by atoms with Crippen molar-refractivity contribution in [3.8, 4) is 0 Å². The molecule has 0 saturated carbocycles. The molecular formula is C4H2F3NU5. The van der Waals surface area contributed by atoms with Crippen molar-refractivity contribution in [2.24, 2.45) is 0 Å². The van der Waals surface area contributed by atoms with Gasteiger partial charge in [0.25, 0.3) is 0 Å². The number of rotatable bonds is 0. The number of hydrogen-bond acceptors (Lipinski definition) is 0. The number of hydrogen-bond donors (Lipinski definition) is 0. The van der Waals surface area contributed by atoms with Gasteiger partial charge in [0.05, 0.1) is 0 Å². The molecule has 0 unspecified atom stereocenters. The van der Waals surface area contributed by atoms with Gasteiger partial charge >= 0.3 is 63.7 Å². The molecule has 0 N–H and O–H groups in total. The molecule has 0 bridgehead atoms. The monoisotopic (exact) mass is 1310 g/mol. The Balaban J connectivity index is -0.0000000533. The third-order valence-corrected chi connectivity index (χ3v) is 3.59. The zero-order valence-corrected chi connectivity index (χ0v) is 27.1. The van der Waals surface area contributed by atoms with Gasteiger partial charge < -0.3 is 0 Å². The summed E-state index contributed by atoms with van der Waals surface area (Å²) in [6.07, 6.45) is -4.39. The van der Waals surface area contributed by atoms with E-state index in [4.69, 9.17) is 6.57 Å². The van der Waals surface area contributed by atoms with Gasteiger partial charge in [-0.05, 0) is 0 Å². The van der Waals surface area contributed by atoms with Crippen LogP contribution in [0.3, 0.4) is 0 Å². The van der Waals surface area contributed by atoms with Crippen molar-refractivity contribution in [2.45, 2.75) is 6.18 Å². The molecule has 0 radical (unpaired) electrons. The van der Waals surface area contributed by atoms with E-state index in [0.717, 1.165) is 0 Å². The van der Waals surface area contributed by atoms with Gasteiger partial charge in [0.1, 0.15) is 0 Å². The van der Waals surface area contributed by atoms with Gasteiger partial charge in [-0.3, -0.25) is 0 Å². The Hall–Kier alpha value is 4.28. The van der Waals surface area contributed by atoms with Crippen molar-refractivity contribution >= 4 is 6.18 Å². The maximum absolute atomic E-state index is 11.5. The van der Waals surface area contributed by atoms with Crippen LogP contribution in [0, 0.1) is 158 Å². The van der Waals surface area contributed by atoms with Crippen molar-refractivity contribution in [3.05, 3.63) is 11.4 Å². The van der Waals surface area contributed by atoms with Crippen molar-refractivity contribution in [2.75, 3.05) is 0 Å². The van der Waals surface area contributed by atoms with Crippen LogP contribution >= 0.6 is 0 Å². The summed E-state index contributed by atoms with van der Waals surface area (Å²) in [4.78, 5) is 2.35. The summed E-state index contributed by atoms with van der Waals surface area (Å²) in [6, 6.07) is 0. The molecule has 64 valence electrons. The molecule has 0 aliphatic heterocycles. The molecule has 0 rings (SSSR count). The molecule has 0 aromatic heterocycles. The second-order valence-electron chi connectivity index (χ2n) is 1.13. The molecule has 0 spiro atoms. The minimum absolute atomic E-state index is 0. The fraction of sp³-hybridized carbons (Fsp3) is 0.250. The Morgan fingerprint density at radius 2 is 1.46 bits per heavy atom. The second kappa shape index (κ2) is 16.3. The third kappa shape index (κ3) is 16.3. The van der Waals surface area contributed by atoms with Crippen molar-refractivity contribution < 1.29 is 164 Å². The average molecular weight is 1310 g/mol. The Morgan fingerprint density at radius 1 is 1.15 bits per heavy atom. The van der Waals surface area contributed by atoms with E-state index in [1.165, 1.54) is 0 Å². The minimum Gasteiger partial charge on any atom is 0 e. The van der Waals surface area contributed by atoms with E-state index in [1.54, 1.807) is 0 Å². The second-order valence-corrected chi connectivity index (χ2v) is 4.58. The molecule has 9 heteroatoms. The molecule has 0 amide bonds. The predicted octanol–water partition coefficient (Wildman–Crippen LogP) is 1.11. The molecule has 13 heavy (non-hydrogen) atoms. The SMILES string of the molecule is [C-]#[N+][C](=[U]=[CH2])C(F)(F)F.[U].[U].[U].[U]. The fourth-order valence-corrected chi connectivity index (χ4v) is 1.37. The normalized spacial score (nSPS) is 6.62. The summed E-state index contributed by atoms with van der Waals surface area (Å²) >= 11 is -2.14. The Kier molecular flexibility index (Phi) is 38.0. The maximum Gasteiger partial charge on any atom is 0 e. The largest absolute Gasteiger partial charge is 0 e. The first kappa shape index (κ1) is 30.4. The van der Waals surface area contributed by atoms with Gasteiger partial charge in [-0.1, -0.05) is 0 Å². The van der Waals surface area contributed by atoms with Crippen molar-refractivity contribution in [1.29, 1.82) is 0 Å². The Morgan fingerprint density at radius 3 is 1.46 bits per heavy atom. The van der Waals surface area contributed by atoms with Crippen molar-refractivity contribution in [1.82, 2.24) is 0 Å². The van der Waals surface area contributed by atoms with Crippen LogP contribution < -0.4 is 0 Å². The molecule has 1 nitrogen and oxygen atoms in total. The first-order valence-corrected chi connectivity index (χ1v) is 6.89. The van der Waals surface area contributed by atoms with Crippen LogP contribution in [-0.2, 0) is 0 Å². The quantitative estimate of drug-likeness (QED) is 0.321. The van der Waals surface area contributed by atoms with E-state index in [-0.39, 0.29) is 124 Å². The molecule has 0 aliphatic carbocycles. The first-order valence-electron chi connectivity index (χ1n) is 1.87. The minimum atomic E-state index is -4.39. The van der Waals surface area contributed by atoms with Gasteiger partial charge in [0.15, 0.2) is 0 Å². The summed E-state index contributed by atoms with van der Waals surface area (Å²) < 4.78 is 36.7. The van der Waals surface area contributed by atoms with Gasteiger partial charge in [0, 0.05) is 124 Å². The van der Waals surface area contributed by atoms with Crippen LogP contribution in [-0.4, -0.2) is 12.4 Å². The van der Waals surface area contributed by atoms with E-state index >= 15 is 0 Å². The van der Waals surface area contributed by atoms with Crippen LogP contribution in [0.25, 0.3) is 4.85 Å². The van der Waals surface area contributed by atoms with E-state index in [9.17, 15) is 13.2 Å². The predicted molar refractivity (Wildman–Crippen MR) is 24.8 cm³/mol. The summed E-state index contributed by atoms with van der Waals surface area (Å²) in [5.74, 6) is 0. The van der Waals surface area contributed by atoms with Gasteiger partial charge in [-0.25, -0.2) is 0 Å². The zero-order valence-electron chi connectivity index (χ0n) is 6.29. The van der Waals surface area contributed by atoms with Crippen LogP contribution in [0.4, 0.5) is 13.2 Å². The smallest absolute Gasteiger partial charge is 0 e. The molecule has 0 atom stereocenters. The molecular weight excluding hydrogens is 1310 g/mol. The van der Waals surface area contributed by atoms with Gasteiger partial charge in [0.2, 0.25) is 0 Å². The summed E-state index contributed by atoms with van der Waals surface area (Å²) in [6.45, 7) is 6.10. The van der Waals surface area contributed by atoms with Gasteiger partial charge in [-0.2, -0.15) is 0 Å². The summed E-state index contributed by atoms with van der Waals surface area (Å²) in [7, 11) is 0. The Bertz CT molecular complexity index is 201. The zero-order chi connectivity index (χ0) is 7.49. The summed E-state index contributed by atoms with van der Waals surface area (Å²) in [5, 5.41) is 0. The van der Waals surface area contributed by atoms with E-state index in [2.05, 4.69) is 8.38 Å². The summed E-state index contributed by atoms with van der Waals surface area (Å²) in [5.41, 5.74) is 0. The van der Waals surface area contributed by atoms with Crippen molar-refractivity contribution in [3.63, 3.8) is 0 Å². The standard InChI is InChI=1S/C3F3N.CH2.5U/c1-7-2-3(4,5)6;;;;;;/h;1H2;;;;;. The fourth-order valence-electron chi connectivity index (χ4n) is 0.203. The van der Waals surface area contributed by atoms with Gasteiger partial charge in [-0.15, -0.1) is 0 Å². The molecule has 0 aromatic rings.